The fourth-order valence-corrected chi connectivity index (χ4v) is 6.35. The molecule has 0 radical (unpaired) electrons. The number of urea groups is 1. The molecule has 0 bridgehead atoms. The molecule has 1 aliphatic heterocycles. The summed E-state index contributed by atoms with van der Waals surface area (Å²) >= 11 is 3.78. The molecule has 182 valence electrons. The van der Waals surface area contributed by atoms with Crippen molar-refractivity contribution in [2.45, 2.75) is 57.4 Å². The lowest BCUT2D eigenvalue weighted by Gasteiger charge is -2.40. The first kappa shape index (κ1) is 24.6. The van der Waals surface area contributed by atoms with E-state index >= 15 is 0 Å². The lowest BCUT2D eigenvalue weighted by Crippen LogP contribution is -2.48. The average Bonchev–Trinajstić information content (AvgIpc) is 3.12. The highest BCUT2D eigenvalue weighted by molar-refractivity contribution is 9.10. The van der Waals surface area contributed by atoms with Gasteiger partial charge in [-0.2, -0.15) is 0 Å². The van der Waals surface area contributed by atoms with Gasteiger partial charge in [0.15, 0.2) is 0 Å². The number of carbonyl (C=O) groups is 2. The number of amides is 2. The highest BCUT2D eigenvalue weighted by Crippen LogP contribution is 2.55. The molecule has 2 aromatic rings. The SMILES string of the molecule is CCOC(=O)CC1CC2(CCN(C(=O)NCc3ccccc3OCC)CC2)c2c(Br)cccc21. The van der Waals surface area contributed by atoms with Gasteiger partial charge in [0.05, 0.1) is 19.6 Å². The van der Waals surface area contributed by atoms with Gasteiger partial charge in [0, 0.05) is 35.1 Å². The van der Waals surface area contributed by atoms with Crippen molar-refractivity contribution in [1.82, 2.24) is 10.2 Å². The van der Waals surface area contributed by atoms with E-state index in [1.54, 1.807) is 0 Å². The van der Waals surface area contributed by atoms with Gasteiger partial charge in [0.25, 0.3) is 0 Å². The van der Waals surface area contributed by atoms with E-state index in [4.69, 9.17) is 9.47 Å². The first-order chi connectivity index (χ1) is 16.5. The highest BCUT2D eigenvalue weighted by Gasteiger charge is 2.47. The molecule has 4 rings (SSSR count). The van der Waals surface area contributed by atoms with Crippen molar-refractivity contribution < 1.29 is 19.1 Å². The summed E-state index contributed by atoms with van der Waals surface area (Å²) in [6.45, 7) is 6.60. The van der Waals surface area contributed by atoms with E-state index in [-0.39, 0.29) is 23.3 Å². The van der Waals surface area contributed by atoms with Crippen molar-refractivity contribution in [3.8, 4) is 5.75 Å². The minimum atomic E-state index is -0.139. The first-order valence-corrected chi connectivity index (χ1v) is 12.9. The number of ether oxygens (including phenoxy) is 2. The van der Waals surface area contributed by atoms with Gasteiger partial charge in [-0.3, -0.25) is 4.79 Å². The summed E-state index contributed by atoms with van der Waals surface area (Å²) in [6.07, 6.45) is 3.08. The van der Waals surface area contributed by atoms with Crippen LogP contribution in [0, 0.1) is 0 Å². The molecule has 1 unspecified atom stereocenters. The quantitative estimate of drug-likeness (QED) is 0.479. The van der Waals surface area contributed by atoms with Gasteiger partial charge in [0.1, 0.15) is 5.75 Å². The van der Waals surface area contributed by atoms with Crippen molar-refractivity contribution in [1.29, 1.82) is 0 Å². The van der Waals surface area contributed by atoms with E-state index in [9.17, 15) is 9.59 Å². The molecule has 1 N–H and O–H groups in total. The zero-order valence-electron chi connectivity index (χ0n) is 19.9. The Balaban J connectivity index is 1.41. The third kappa shape index (κ3) is 5.09. The van der Waals surface area contributed by atoms with Crippen molar-refractivity contribution in [3.05, 3.63) is 63.6 Å². The minimum Gasteiger partial charge on any atom is -0.494 e. The number of halogens is 1. The fraction of sp³-hybridized carbons (Fsp3) is 0.481. The van der Waals surface area contributed by atoms with E-state index in [1.165, 1.54) is 11.1 Å². The van der Waals surface area contributed by atoms with Gasteiger partial charge in [-0.15, -0.1) is 0 Å². The van der Waals surface area contributed by atoms with E-state index in [0.717, 1.165) is 35.0 Å². The molecular formula is C27H33BrN2O4. The third-order valence-electron chi connectivity index (χ3n) is 7.08. The molecule has 2 aromatic carbocycles. The number of esters is 1. The lowest BCUT2D eigenvalue weighted by atomic mass is 9.73. The summed E-state index contributed by atoms with van der Waals surface area (Å²) in [5.41, 5.74) is 3.51. The number of nitrogens with one attached hydrogen (secondary N) is 1. The lowest BCUT2D eigenvalue weighted by molar-refractivity contribution is -0.143. The van der Waals surface area contributed by atoms with Crippen LogP contribution in [-0.4, -0.2) is 43.2 Å². The van der Waals surface area contributed by atoms with Crippen LogP contribution in [0.3, 0.4) is 0 Å². The van der Waals surface area contributed by atoms with Crippen LogP contribution in [0.15, 0.2) is 46.9 Å². The van der Waals surface area contributed by atoms with Crippen molar-refractivity contribution in [2.75, 3.05) is 26.3 Å². The van der Waals surface area contributed by atoms with Gasteiger partial charge < -0.3 is 19.7 Å². The number of piperidine rings is 1. The summed E-state index contributed by atoms with van der Waals surface area (Å²) in [6, 6.07) is 14.0. The maximum atomic E-state index is 12.9. The first-order valence-electron chi connectivity index (χ1n) is 12.2. The molecule has 2 aliphatic rings. The second kappa shape index (κ2) is 10.8. The monoisotopic (exact) mass is 528 g/mol. The fourth-order valence-electron chi connectivity index (χ4n) is 5.55. The van der Waals surface area contributed by atoms with E-state index in [0.29, 0.717) is 39.3 Å². The molecule has 1 fully saturated rings. The van der Waals surface area contributed by atoms with Gasteiger partial charge >= 0.3 is 12.0 Å². The Morgan fingerprint density at radius 2 is 1.85 bits per heavy atom. The van der Waals surface area contributed by atoms with E-state index < -0.39 is 0 Å². The van der Waals surface area contributed by atoms with Crippen LogP contribution in [0.5, 0.6) is 5.75 Å². The minimum absolute atomic E-state index is 0.0229. The molecule has 0 aromatic heterocycles. The largest absolute Gasteiger partial charge is 0.494 e. The molecule has 0 saturated carbocycles. The van der Waals surface area contributed by atoms with Crippen LogP contribution in [0.1, 0.15) is 62.1 Å². The summed E-state index contributed by atoms with van der Waals surface area (Å²) < 4.78 is 12.0. The number of benzene rings is 2. The maximum absolute atomic E-state index is 12.9. The zero-order valence-corrected chi connectivity index (χ0v) is 21.5. The van der Waals surface area contributed by atoms with Gasteiger partial charge in [0.2, 0.25) is 0 Å². The van der Waals surface area contributed by atoms with Gasteiger partial charge in [-0.25, -0.2) is 4.79 Å². The number of carbonyl (C=O) groups excluding carboxylic acids is 2. The second-order valence-electron chi connectivity index (χ2n) is 9.08. The molecule has 34 heavy (non-hydrogen) atoms. The van der Waals surface area contributed by atoms with Crippen molar-refractivity contribution >= 4 is 27.9 Å². The molecular weight excluding hydrogens is 496 g/mol. The predicted octanol–water partition coefficient (Wildman–Crippen LogP) is 5.53. The molecule has 7 heteroatoms. The maximum Gasteiger partial charge on any atom is 0.317 e. The van der Waals surface area contributed by atoms with Crippen LogP contribution < -0.4 is 10.1 Å². The van der Waals surface area contributed by atoms with E-state index in [1.807, 2.05) is 49.1 Å². The van der Waals surface area contributed by atoms with Crippen LogP contribution in [0.2, 0.25) is 0 Å². The van der Waals surface area contributed by atoms with Gasteiger partial charge in [-0.05, 0) is 62.3 Å². The molecule has 2 amide bonds. The Kier molecular flexibility index (Phi) is 7.81. The van der Waals surface area contributed by atoms with E-state index in [2.05, 4.69) is 33.4 Å². The number of hydrogen-bond donors (Lipinski definition) is 1. The summed E-state index contributed by atoms with van der Waals surface area (Å²) in [5, 5.41) is 3.06. The smallest absolute Gasteiger partial charge is 0.317 e. The Bertz CT molecular complexity index is 1030. The molecule has 1 spiro atoms. The molecule has 6 nitrogen and oxygen atoms in total. The Labute approximate surface area is 210 Å². The Morgan fingerprint density at radius 3 is 2.59 bits per heavy atom. The normalized spacial score (nSPS) is 18.4. The number of fused-ring (bicyclic) bond motifs is 2. The number of likely N-dealkylation sites (tertiary alicyclic amines) is 1. The van der Waals surface area contributed by atoms with Gasteiger partial charge in [-0.1, -0.05) is 46.3 Å². The summed E-state index contributed by atoms with van der Waals surface area (Å²) in [7, 11) is 0. The summed E-state index contributed by atoms with van der Waals surface area (Å²) in [4.78, 5) is 27.1. The predicted molar refractivity (Wildman–Crippen MR) is 135 cm³/mol. The van der Waals surface area contributed by atoms with Crippen molar-refractivity contribution in [2.24, 2.45) is 0 Å². The number of rotatable bonds is 7. The Morgan fingerprint density at radius 1 is 1.09 bits per heavy atom. The number of nitrogens with zero attached hydrogens (tertiary/aromatic N) is 1. The highest BCUT2D eigenvalue weighted by atomic mass is 79.9. The summed E-state index contributed by atoms with van der Waals surface area (Å²) in [5.74, 6) is 0.824. The molecule has 1 saturated heterocycles. The number of hydrogen-bond acceptors (Lipinski definition) is 4. The van der Waals surface area contributed by atoms with Crippen LogP contribution in [0.25, 0.3) is 0 Å². The second-order valence-corrected chi connectivity index (χ2v) is 9.94. The molecule has 1 aliphatic carbocycles. The average molecular weight is 529 g/mol. The number of para-hydroxylation sites is 1. The molecule has 1 atom stereocenters. The topological polar surface area (TPSA) is 67.9 Å². The van der Waals surface area contributed by atoms with Crippen LogP contribution >= 0.6 is 15.9 Å². The standard InChI is InChI=1S/C27H33BrN2O4/c1-3-33-23-11-6-5-8-19(23)18-29-26(32)30-14-12-27(13-15-30)17-20(16-24(31)34-4-2)21-9-7-10-22(28)25(21)27/h5-11,20H,3-4,12-18H2,1-2H3,(H,29,32). The Hall–Kier alpha value is -2.54. The molecule has 1 heterocycles. The van der Waals surface area contributed by atoms with Crippen LogP contribution in [0.4, 0.5) is 4.79 Å². The third-order valence-corrected chi connectivity index (χ3v) is 7.74. The zero-order chi connectivity index (χ0) is 24.1. The van der Waals surface area contributed by atoms with Crippen LogP contribution in [-0.2, 0) is 21.5 Å². The van der Waals surface area contributed by atoms with Crippen molar-refractivity contribution in [3.63, 3.8) is 0 Å².